The molecule has 0 unspecified atom stereocenters. The van der Waals surface area contributed by atoms with Crippen LogP contribution in [0, 0.1) is 64.3 Å². The fraction of sp³-hybridized carbons (Fsp3) is 0.0800. The van der Waals surface area contributed by atoms with Crippen LogP contribution in [0.15, 0.2) is 141 Å². The Bertz CT molecular complexity index is 3130. The van der Waals surface area contributed by atoms with E-state index in [4.69, 9.17) is 14.6 Å². The molecule has 0 bridgehead atoms. The quantitative estimate of drug-likeness (QED) is 0.131. The second-order valence-electron chi connectivity index (χ2n) is 15.9. The molecule has 5 nitrogen and oxygen atoms in total. The summed E-state index contributed by atoms with van der Waals surface area (Å²) in [6, 6.07) is 53.8. The molecule has 0 saturated carbocycles. The summed E-state index contributed by atoms with van der Waals surface area (Å²) in [6.45, 7) is 8.18. The Labute approximate surface area is 412 Å². The number of aromatic nitrogens is 4. The summed E-state index contributed by atoms with van der Waals surface area (Å²) in [5.41, 5.74) is 15.7. The molecular formula is C50H28B2N4OPt2S4-6. The van der Waals surface area contributed by atoms with Crippen LogP contribution in [0.25, 0.3) is 33.8 Å². The molecule has 6 aromatic carbocycles. The minimum atomic E-state index is -0.0386. The van der Waals surface area contributed by atoms with Gasteiger partial charge in [0.05, 0.1) is 11.4 Å². The molecule has 3 aromatic heterocycles. The van der Waals surface area contributed by atoms with Gasteiger partial charge in [0.15, 0.2) is 0 Å². The molecule has 0 saturated heterocycles. The van der Waals surface area contributed by atoms with Crippen molar-refractivity contribution in [3.63, 3.8) is 0 Å². The number of rotatable bonds is 4. The second-order valence-corrected chi connectivity index (χ2v) is 20.2. The average Bonchev–Trinajstić information content (AvgIpc) is 4.00. The number of fused-ring (bicyclic) bond motifs is 8. The molecule has 9 aromatic rings. The number of benzene rings is 6. The Morgan fingerprint density at radius 3 is 1.33 bits per heavy atom. The van der Waals surface area contributed by atoms with E-state index >= 15 is 0 Å². The molecule has 7 heterocycles. The zero-order chi connectivity index (χ0) is 40.7. The van der Waals surface area contributed by atoms with Crippen molar-refractivity contribution in [1.82, 2.24) is 19.6 Å². The van der Waals surface area contributed by atoms with E-state index in [1.807, 2.05) is 70.3 Å². The van der Waals surface area contributed by atoms with Gasteiger partial charge < -0.3 is 21.6 Å². The first-order valence-corrected chi connectivity index (χ1v) is 23.3. The van der Waals surface area contributed by atoms with E-state index in [-0.39, 0.29) is 55.6 Å². The number of hydrogen-bond acceptors (Lipinski definition) is 7. The van der Waals surface area contributed by atoms with E-state index in [1.165, 1.54) is 50.1 Å². The molecule has 0 fully saturated rings. The van der Waals surface area contributed by atoms with Gasteiger partial charge in [-0.3, -0.25) is 9.36 Å². The summed E-state index contributed by atoms with van der Waals surface area (Å²) in [5.74, 6) is 0.600. The Hall–Kier alpha value is -4.07. The minimum Gasteiger partial charge on any atom is -0.631 e. The average molecular weight is 1240 g/mol. The molecule has 13 heteroatoms. The van der Waals surface area contributed by atoms with Gasteiger partial charge in [-0.2, -0.15) is 74.4 Å². The van der Waals surface area contributed by atoms with Crippen molar-refractivity contribution >= 4 is 93.2 Å². The molecule has 0 radical (unpaired) electrons. The number of furan rings is 1. The maximum Gasteiger partial charge on any atom is 0.202 e. The third-order valence-electron chi connectivity index (χ3n) is 11.9. The molecule has 13 rings (SSSR count). The second kappa shape index (κ2) is 15.8. The predicted molar refractivity (Wildman–Crippen MR) is 247 cm³/mol. The van der Waals surface area contributed by atoms with Crippen molar-refractivity contribution < 1.29 is 46.5 Å². The van der Waals surface area contributed by atoms with Crippen molar-refractivity contribution in [2.45, 2.75) is 66.9 Å². The largest absolute Gasteiger partial charge is 0.631 e. The molecule has 0 spiro atoms. The van der Waals surface area contributed by atoms with Crippen LogP contribution in [-0.2, 0) is 42.1 Å². The minimum absolute atomic E-state index is 0. The molecule has 0 atom stereocenters. The van der Waals surface area contributed by atoms with E-state index in [9.17, 15) is 0 Å². The van der Waals surface area contributed by atoms with Crippen LogP contribution < -0.4 is 32.8 Å². The van der Waals surface area contributed by atoms with E-state index in [0.29, 0.717) is 5.76 Å². The maximum absolute atomic E-state index is 6.27. The zero-order valence-electron chi connectivity index (χ0n) is 33.9. The summed E-state index contributed by atoms with van der Waals surface area (Å²) < 4.78 is 10.3. The molecule has 63 heavy (non-hydrogen) atoms. The van der Waals surface area contributed by atoms with Gasteiger partial charge in [0.25, 0.3) is 0 Å². The van der Waals surface area contributed by atoms with Crippen molar-refractivity contribution in [3.8, 4) is 33.8 Å². The van der Waals surface area contributed by atoms with Crippen LogP contribution in [0.5, 0.6) is 0 Å². The summed E-state index contributed by atoms with van der Waals surface area (Å²) in [4.78, 5) is 9.87. The van der Waals surface area contributed by atoms with Crippen LogP contribution in [0.4, 0.5) is 0 Å². The van der Waals surface area contributed by atoms with Crippen molar-refractivity contribution in [3.05, 3.63) is 156 Å². The Kier molecular flexibility index (Phi) is 10.5. The summed E-state index contributed by atoms with van der Waals surface area (Å²) >= 11 is 7.26. The molecule has 0 N–H and O–H groups in total. The number of nitrogens with zero attached hydrogens (tertiary/aromatic N) is 4. The fourth-order valence-electron chi connectivity index (χ4n) is 9.27. The first-order chi connectivity index (χ1) is 29.8. The normalized spacial score (nSPS) is 13.5. The van der Waals surface area contributed by atoms with Gasteiger partial charge in [-0.25, -0.2) is 12.1 Å². The molecular weight excluding hydrogens is 1210 g/mol. The van der Waals surface area contributed by atoms with Gasteiger partial charge in [0, 0.05) is 53.5 Å². The number of hydrogen-bond donors (Lipinski definition) is 0. The predicted octanol–water partition coefficient (Wildman–Crippen LogP) is 7.91. The topological polar surface area (TPSA) is 48.8 Å². The van der Waals surface area contributed by atoms with Crippen LogP contribution in [0.1, 0.15) is 22.8 Å². The Balaban J connectivity index is 0.00000222. The standard InChI is InChI=1S/C50H28B2N4OS4.2Pt/c1-27-19-29(3)55(53-27)34-13-17-43-38(24-34)51-36-21-31(11-15-41(36)58-45-7-5-9-47(60-43)49(45)51)33-23-40(57-26-33)32-12-16-42-37(22-32)52-39-25-35(56-30(4)20-28(2)54-56)14-18-44(39)61-48-10-6-8-46(59-42)50(48)52;;/h5-20H,1-4H3;;/q-6;;. The molecule has 4 aliphatic rings. The SMILES string of the molecule is Cc1cc(C)n(-c2[c-]c3c(cc2)Sc2cccc4c2B3c2[c-]c(-c3[c-]oc(-c5[c-]c6c(cc5)Sc5cccc7c5B6c5[c-]c(-n6nc(C)cc6C)ccc5S7)[c-]3)ccc2S4)n1.[Pt].[Pt]. The molecule has 4 aliphatic heterocycles. The van der Waals surface area contributed by atoms with E-state index < -0.39 is 0 Å². The summed E-state index contributed by atoms with van der Waals surface area (Å²) in [6.07, 6.45) is 3.22. The van der Waals surface area contributed by atoms with E-state index in [1.54, 1.807) is 0 Å². The van der Waals surface area contributed by atoms with Crippen LogP contribution in [0.2, 0.25) is 0 Å². The Morgan fingerprint density at radius 1 is 0.476 bits per heavy atom. The van der Waals surface area contributed by atoms with Crippen LogP contribution in [-0.4, -0.2) is 33.0 Å². The van der Waals surface area contributed by atoms with E-state index in [0.717, 1.165) is 72.7 Å². The van der Waals surface area contributed by atoms with Gasteiger partial charge in [0.2, 0.25) is 13.4 Å². The van der Waals surface area contributed by atoms with Crippen molar-refractivity contribution in [2.24, 2.45) is 0 Å². The molecule has 310 valence electrons. The van der Waals surface area contributed by atoms with Crippen molar-refractivity contribution in [1.29, 1.82) is 0 Å². The maximum atomic E-state index is 6.27. The first-order valence-electron chi connectivity index (χ1n) is 20.1. The number of aryl methyl sites for hydroxylation is 4. The van der Waals surface area contributed by atoms with Crippen molar-refractivity contribution in [2.75, 3.05) is 0 Å². The molecule has 0 amide bonds. The van der Waals surface area contributed by atoms with Gasteiger partial charge in [-0.05, 0) is 106 Å². The fourth-order valence-corrected chi connectivity index (χ4v) is 13.9. The summed E-state index contributed by atoms with van der Waals surface area (Å²) in [5, 5.41) is 9.59. The zero-order valence-corrected chi connectivity index (χ0v) is 41.7. The van der Waals surface area contributed by atoms with Gasteiger partial charge in [-0.15, -0.1) is 87.0 Å². The monoisotopic (exact) mass is 1240 g/mol. The molecule has 0 aliphatic carbocycles. The smallest absolute Gasteiger partial charge is 0.202 e. The third kappa shape index (κ3) is 6.66. The Morgan fingerprint density at radius 2 is 0.889 bits per heavy atom. The third-order valence-corrected chi connectivity index (χ3v) is 16.5. The van der Waals surface area contributed by atoms with Gasteiger partial charge >= 0.3 is 0 Å². The van der Waals surface area contributed by atoms with Gasteiger partial charge in [0.1, 0.15) is 0 Å². The summed E-state index contributed by atoms with van der Waals surface area (Å²) in [7, 11) is 0. The first kappa shape index (κ1) is 41.6. The van der Waals surface area contributed by atoms with Crippen LogP contribution >= 0.6 is 47.0 Å². The van der Waals surface area contributed by atoms with Crippen LogP contribution in [0.3, 0.4) is 0 Å². The van der Waals surface area contributed by atoms with Gasteiger partial charge in [-0.1, -0.05) is 27.7 Å². The van der Waals surface area contributed by atoms with E-state index in [2.05, 4.69) is 148 Å².